The Kier molecular flexibility index (Phi) is 4.74. The van der Waals surface area contributed by atoms with E-state index in [1.807, 2.05) is 16.4 Å². The Morgan fingerprint density at radius 2 is 2.14 bits per heavy atom. The molecule has 0 radical (unpaired) electrons. The summed E-state index contributed by atoms with van der Waals surface area (Å²) in [6, 6.07) is 11.1. The number of thioether (sulfide) groups is 1. The van der Waals surface area contributed by atoms with Gasteiger partial charge in [-0.2, -0.15) is 5.10 Å². The Hall–Kier alpha value is -1.46. The summed E-state index contributed by atoms with van der Waals surface area (Å²) in [5.74, 6) is 0.970. The maximum atomic E-state index is 4.65. The number of rotatable bonds is 5. The molecule has 2 atom stereocenters. The largest absolute Gasteiger partial charge is 0.362 e. The van der Waals surface area contributed by atoms with E-state index in [9.17, 15) is 0 Å². The number of benzene rings is 1. The second kappa shape index (κ2) is 6.75. The van der Waals surface area contributed by atoms with Crippen molar-refractivity contribution in [2.75, 3.05) is 26.0 Å². The molecule has 2 unspecified atom stereocenters. The van der Waals surface area contributed by atoms with Crippen molar-refractivity contribution in [1.82, 2.24) is 14.7 Å². The van der Waals surface area contributed by atoms with E-state index in [-0.39, 0.29) is 0 Å². The molecule has 0 saturated heterocycles. The fraction of sp³-hybridized carbons (Fsp3) is 0.471. The maximum absolute atomic E-state index is 4.65. The van der Waals surface area contributed by atoms with Gasteiger partial charge in [0.2, 0.25) is 0 Å². The van der Waals surface area contributed by atoms with Gasteiger partial charge in [-0.05, 0) is 32.1 Å². The Balaban J connectivity index is 1.71. The van der Waals surface area contributed by atoms with Crippen LogP contribution in [0.4, 0.5) is 5.82 Å². The number of fused-ring (bicyclic) bond motifs is 1. The lowest BCUT2D eigenvalue weighted by molar-refractivity contribution is 0.373. The minimum absolute atomic E-state index is 0.352. The van der Waals surface area contributed by atoms with E-state index in [0.717, 1.165) is 25.3 Å². The zero-order chi connectivity index (χ0) is 15.5. The number of aromatic nitrogens is 2. The summed E-state index contributed by atoms with van der Waals surface area (Å²) in [5.41, 5.74) is 1.40. The average molecular weight is 316 g/mol. The van der Waals surface area contributed by atoms with Gasteiger partial charge in [-0.1, -0.05) is 25.1 Å². The average Bonchev–Trinajstić information content (AvgIpc) is 2.92. The van der Waals surface area contributed by atoms with Crippen LogP contribution in [-0.2, 0) is 6.54 Å². The van der Waals surface area contributed by atoms with E-state index in [1.54, 1.807) is 0 Å². The molecule has 118 valence electrons. The molecule has 5 heteroatoms. The summed E-state index contributed by atoms with van der Waals surface area (Å²) in [5, 5.41) is 8.89. The predicted octanol–water partition coefficient (Wildman–Crippen LogP) is 3.48. The van der Waals surface area contributed by atoms with Crippen molar-refractivity contribution < 1.29 is 0 Å². The molecule has 1 aliphatic rings. The normalized spacial score (nSPS) is 20.9. The highest BCUT2D eigenvalue weighted by molar-refractivity contribution is 8.00. The highest BCUT2D eigenvalue weighted by atomic mass is 32.2. The zero-order valence-corrected chi connectivity index (χ0v) is 14.3. The Bertz CT molecular complexity index is 623. The molecule has 0 amide bonds. The Labute approximate surface area is 136 Å². The summed E-state index contributed by atoms with van der Waals surface area (Å²) in [7, 11) is 4.17. The summed E-state index contributed by atoms with van der Waals surface area (Å²) in [6.45, 7) is 4.22. The van der Waals surface area contributed by atoms with Crippen LogP contribution >= 0.6 is 11.8 Å². The van der Waals surface area contributed by atoms with Gasteiger partial charge in [0.1, 0.15) is 5.82 Å². The first-order chi connectivity index (χ1) is 10.6. The number of nitrogens with one attached hydrogen (secondary N) is 1. The van der Waals surface area contributed by atoms with Crippen molar-refractivity contribution >= 4 is 17.6 Å². The minimum Gasteiger partial charge on any atom is -0.362 e. The highest BCUT2D eigenvalue weighted by Gasteiger charge is 2.25. The Morgan fingerprint density at radius 1 is 1.32 bits per heavy atom. The van der Waals surface area contributed by atoms with Crippen molar-refractivity contribution in [3.63, 3.8) is 0 Å². The van der Waals surface area contributed by atoms with Gasteiger partial charge in [0.15, 0.2) is 0 Å². The minimum atomic E-state index is 0.352. The standard InChI is InChI=1S/C17H24N4S/c1-13-12-15(14-6-4-5-7-16(14)22-13)18-17-8-9-21(19-17)11-10-20(2)3/h4-9,13,15H,10-12H2,1-3H3,(H,18,19). The molecule has 4 nitrogen and oxygen atoms in total. The lowest BCUT2D eigenvalue weighted by Gasteiger charge is -2.29. The molecule has 22 heavy (non-hydrogen) atoms. The lowest BCUT2D eigenvalue weighted by atomic mass is 10.0. The quantitative estimate of drug-likeness (QED) is 0.915. The summed E-state index contributed by atoms with van der Waals surface area (Å²) >= 11 is 1.97. The van der Waals surface area contributed by atoms with Crippen molar-refractivity contribution in [2.24, 2.45) is 0 Å². The van der Waals surface area contributed by atoms with Gasteiger partial charge in [-0.3, -0.25) is 4.68 Å². The van der Waals surface area contributed by atoms with Crippen molar-refractivity contribution in [3.8, 4) is 0 Å². The number of likely N-dealkylation sites (N-methyl/N-ethyl adjacent to an activating group) is 1. The summed E-state index contributed by atoms with van der Waals surface area (Å²) < 4.78 is 2.01. The first-order valence-corrected chi connectivity index (χ1v) is 8.70. The van der Waals surface area contributed by atoms with Crippen LogP contribution in [0.15, 0.2) is 41.4 Å². The maximum Gasteiger partial charge on any atom is 0.148 e. The van der Waals surface area contributed by atoms with E-state index in [2.05, 4.69) is 72.9 Å². The van der Waals surface area contributed by atoms with Crippen LogP contribution in [0.5, 0.6) is 0 Å². The molecule has 2 aromatic rings. The molecular formula is C17H24N4S. The van der Waals surface area contributed by atoms with E-state index in [4.69, 9.17) is 0 Å². The molecule has 1 N–H and O–H groups in total. The third-order valence-corrected chi connectivity index (χ3v) is 5.15. The molecule has 0 aliphatic carbocycles. The molecule has 2 heterocycles. The number of hydrogen-bond donors (Lipinski definition) is 1. The molecule has 1 aliphatic heterocycles. The van der Waals surface area contributed by atoms with Crippen LogP contribution in [-0.4, -0.2) is 40.6 Å². The van der Waals surface area contributed by atoms with Crippen LogP contribution < -0.4 is 5.32 Å². The monoisotopic (exact) mass is 316 g/mol. The zero-order valence-electron chi connectivity index (χ0n) is 13.5. The van der Waals surface area contributed by atoms with Gasteiger partial charge >= 0.3 is 0 Å². The van der Waals surface area contributed by atoms with E-state index in [0.29, 0.717) is 11.3 Å². The van der Waals surface area contributed by atoms with Crippen molar-refractivity contribution in [3.05, 3.63) is 42.1 Å². The predicted molar refractivity (Wildman–Crippen MR) is 93.5 cm³/mol. The molecular weight excluding hydrogens is 292 g/mol. The van der Waals surface area contributed by atoms with Gasteiger partial charge in [-0.15, -0.1) is 11.8 Å². The van der Waals surface area contributed by atoms with Crippen LogP contribution in [0, 0.1) is 0 Å². The number of anilines is 1. The van der Waals surface area contributed by atoms with E-state index in [1.165, 1.54) is 10.5 Å². The van der Waals surface area contributed by atoms with Crippen LogP contribution in [0.1, 0.15) is 24.9 Å². The molecule has 0 fully saturated rings. The fourth-order valence-corrected chi connectivity index (χ4v) is 4.01. The van der Waals surface area contributed by atoms with E-state index >= 15 is 0 Å². The van der Waals surface area contributed by atoms with Crippen molar-refractivity contribution in [1.29, 1.82) is 0 Å². The third kappa shape index (κ3) is 3.65. The first-order valence-electron chi connectivity index (χ1n) is 7.82. The van der Waals surface area contributed by atoms with Gasteiger partial charge in [-0.25, -0.2) is 0 Å². The molecule has 0 bridgehead atoms. The molecule has 1 aromatic heterocycles. The fourth-order valence-electron chi connectivity index (χ4n) is 2.78. The van der Waals surface area contributed by atoms with Crippen LogP contribution in [0.3, 0.4) is 0 Å². The van der Waals surface area contributed by atoms with Gasteiger partial charge in [0.25, 0.3) is 0 Å². The summed E-state index contributed by atoms with van der Waals surface area (Å²) in [4.78, 5) is 3.57. The van der Waals surface area contributed by atoms with Gasteiger partial charge in [0.05, 0.1) is 12.6 Å². The molecule has 0 spiro atoms. The Morgan fingerprint density at radius 3 is 2.95 bits per heavy atom. The highest BCUT2D eigenvalue weighted by Crippen LogP contribution is 2.41. The summed E-state index contributed by atoms with van der Waals surface area (Å²) in [6.07, 6.45) is 3.19. The third-order valence-electron chi connectivity index (χ3n) is 3.93. The molecule has 1 aromatic carbocycles. The number of hydrogen-bond acceptors (Lipinski definition) is 4. The van der Waals surface area contributed by atoms with Crippen LogP contribution in [0.25, 0.3) is 0 Å². The molecule has 3 rings (SSSR count). The van der Waals surface area contributed by atoms with Crippen molar-refractivity contribution in [2.45, 2.75) is 36.1 Å². The van der Waals surface area contributed by atoms with Crippen LogP contribution in [0.2, 0.25) is 0 Å². The lowest BCUT2D eigenvalue weighted by Crippen LogP contribution is -2.21. The second-order valence-corrected chi connectivity index (χ2v) is 7.65. The SMILES string of the molecule is CC1CC(Nc2ccn(CCN(C)C)n2)c2ccccc2S1. The topological polar surface area (TPSA) is 33.1 Å². The van der Waals surface area contributed by atoms with Gasteiger partial charge < -0.3 is 10.2 Å². The second-order valence-electron chi connectivity index (χ2n) is 6.17. The number of nitrogens with zero attached hydrogens (tertiary/aromatic N) is 3. The van der Waals surface area contributed by atoms with E-state index < -0.39 is 0 Å². The molecule has 0 saturated carbocycles. The van der Waals surface area contributed by atoms with Gasteiger partial charge in [0, 0.05) is 29.0 Å². The smallest absolute Gasteiger partial charge is 0.148 e. The first kappa shape index (κ1) is 15.4.